The SMILES string of the molecule is CC(C(=O)O)c1cnc(C(F)F)s1. The van der Waals surface area contributed by atoms with E-state index >= 15 is 0 Å². The molecule has 1 atom stereocenters. The molecule has 0 radical (unpaired) electrons. The number of aromatic nitrogens is 1. The van der Waals surface area contributed by atoms with E-state index in [9.17, 15) is 13.6 Å². The van der Waals surface area contributed by atoms with E-state index in [4.69, 9.17) is 5.11 Å². The minimum atomic E-state index is -2.63. The minimum Gasteiger partial charge on any atom is -0.481 e. The zero-order valence-electron chi connectivity index (χ0n) is 6.70. The molecule has 0 aliphatic carbocycles. The van der Waals surface area contributed by atoms with Crippen molar-refractivity contribution in [2.45, 2.75) is 19.3 Å². The van der Waals surface area contributed by atoms with Crippen molar-refractivity contribution in [3.8, 4) is 0 Å². The fourth-order valence-electron chi connectivity index (χ4n) is 0.723. The van der Waals surface area contributed by atoms with Crippen LogP contribution in [-0.2, 0) is 4.79 Å². The van der Waals surface area contributed by atoms with Crippen molar-refractivity contribution in [2.75, 3.05) is 0 Å². The van der Waals surface area contributed by atoms with E-state index in [-0.39, 0.29) is 5.01 Å². The molecule has 1 aromatic heterocycles. The predicted octanol–water partition coefficient (Wildman–Crippen LogP) is 2.27. The van der Waals surface area contributed by atoms with Gasteiger partial charge < -0.3 is 5.11 Å². The molecule has 0 saturated carbocycles. The maximum atomic E-state index is 12.0. The maximum Gasteiger partial charge on any atom is 0.311 e. The molecule has 0 spiro atoms. The molecule has 0 bridgehead atoms. The molecule has 1 unspecified atom stereocenters. The van der Waals surface area contributed by atoms with Gasteiger partial charge in [-0.25, -0.2) is 13.8 Å². The molecule has 1 N–H and O–H groups in total. The first-order chi connectivity index (χ1) is 6.02. The van der Waals surface area contributed by atoms with Crippen LogP contribution >= 0.6 is 11.3 Å². The summed E-state index contributed by atoms with van der Waals surface area (Å²) in [6.07, 6.45) is -1.44. The van der Waals surface area contributed by atoms with Crippen LogP contribution in [0.1, 0.15) is 29.2 Å². The molecule has 13 heavy (non-hydrogen) atoms. The molecule has 0 aliphatic rings. The highest BCUT2D eigenvalue weighted by molar-refractivity contribution is 7.11. The molecule has 6 heteroatoms. The second-order valence-electron chi connectivity index (χ2n) is 2.46. The molecule has 0 aromatic carbocycles. The second-order valence-corrected chi connectivity index (χ2v) is 3.56. The number of alkyl halides is 2. The first-order valence-electron chi connectivity index (χ1n) is 3.49. The lowest BCUT2D eigenvalue weighted by Crippen LogP contribution is -2.05. The van der Waals surface area contributed by atoms with Gasteiger partial charge in [-0.3, -0.25) is 4.79 Å². The number of nitrogens with zero attached hydrogens (tertiary/aromatic N) is 1. The fourth-order valence-corrected chi connectivity index (χ4v) is 1.54. The van der Waals surface area contributed by atoms with E-state index in [0.29, 0.717) is 4.88 Å². The van der Waals surface area contributed by atoms with Gasteiger partial charge in [0.1, 0.15) is 0 Å². The molecular formula is C7H7F2NO2S. The van der Waals surface area contributed by atoms with Crippen molar-refractivity contribution >= 4 is 17.3 Å². The maximum absolute atomic E-state index is 12.0. The third-order valence-electron chi connectivity index (χ3n) is 1.53. The summed E-state index contributed by atoms with van der Waals surface area (Å²) in [6, 6.07) is 0. The summed E-state index contributed by atoms with van der Waals surface area (Å²) in [4.78, 5) is 14.2. The Kier molecular flexibility index (Phi) is 2.92. The van der Waals surface area contributed by atoms with E-state index in [2.05, 4.69) is 4.98 Å². The molecule has 72 valence electrons. The zero-order chi connectivity index (χ0) is 10.0. The van der Waals surface area contributed by atoms with E-state index in [1.807, 2.05) is 0 Å². The molecule has 1 aromatic rings. The van der Waals surface area contributed by atoms with E-state index in [1.54, 1.807) is 0 Å². The summed E-state index contributed by atoms with van der Waals surface area (Å²) in [5.74, 6) is -1.81. The topological polar surface area (TPSA) is 50.2 Å². The number of halogens is 2. The van der Waals surface area contributed by atoms with Crippen LogP contribution in [0.25, 0.3) is 0 Å². The number of rotatable bonds is 3. The van der Waals surface area contributed by atoms with E-state index in [0.717, 1.165) is 11.3 Å². The Morgan fingerprint density at radius 3 is 2.69 bits per heavy atom. The first-order valence-corrected chi connectivity index (χ1v) is 4.30. The summed E-state index contributed by atoms with van der Waals surface area (Å²) in [5, 5.41) is 8.24. The number of carbonyl (C=O) groups is 1. The van der Waals surface area contributed by atoms with Crippen LogP contribution in [0.3, 0.4) is 0 Å². The Balaban J connectivity index is 2.85. The van der Waals surface area contributed by atoms with E-state index < -0.39 is 18.3 Å². The van der Waals surface area contributed by atoms with Gasteiger partial charge in [-0.15, -0.1) is 11.3 Å². The molecule has 0 fully saturated rings. The smallest absolute Gasteiger partial charge is 0.311 e. The lowest BCUT2D eigenvalue weighted by molar-refractivity contribution is -0.138. The van der Waals surface area contributed by atoms with Crippen LogP contribution in [0.2, 0.25) is 0 Å². The molecule has 0 aliphatic heterocycles. The highest BCUT2D eigenvalue weighted by Crippen LogP contribution is 2.28. The van der Waals surface area contributed by atoms with Crippen LogP contribution in [0.15, 0.2) is 6.20 Å². The van der Waals surface area contributed by atoms with Gasteiger partial charge in [0, 0.05) is 11.1 Å². The average Bonchev–Trinajstić information content (AvgIpc) is 2.50. The van der Waals surface area contributed by atoms with Crippen LogP contribution in [0.4, 0.5) is 8.78 Å². The highest BCUT2D eigenvalue weighted by atomic mass is 32.1. The third kappa shape index (κ3) is 2.21. The van der Waals surface area contributed by atoms with Gasteiger partial charge in [0.25, 0.3) is 6.43 Å². The molecule has 1 heterocycles. The molecule has 0 amide bonds. The summed E-state index contributed by atoms with van der Waals surface area (Å²) < 4.78 is 24.1. The van der Waals surface area contributed by atoms with Crippen LogP contribution in [0.5, 0.6) is 0 Å². The number of aliphatic carboxylic acids is 1. The number of hydrogen-bond donors (Lipinski definition) is 1. The van der Waals surface area contributed by atoms with Gasteiger partial charge >= 0.3 is 5.97 Å². The van der Waals surface area contributed by atoms with Crippen LogP contribution in [0, 0.1) is 0 Å². The largest absolute Gasteiger partial charge is 0.481 e. The Morgan fingerprint density at radius 2 is 2.31 bits per heavy atom. The average molecular weight is 207 g/mol. The summed E-state index contributed by atoms with van der Waals surface area (Å²) in [6.45, 7) is 1.44. The normalized spacial score (nSPS) is 13.2. The fraction of sp³-hybridized carbons (Fsp3) is 0.429. The van der Waals surface area contributed by atoms with Crippen molar-refractivity contribution < 1.29 is 18.7 Å². The zero-order valence-corrected chi connectivity index (χ0v) is 7.52. The molecule has 1 rings (SSSR count). The molecule has 0 saturated heterocycles. The Morgan fingerprint density at radius 1 is 1.69 bits per heavy atom. The quantitative estimate of drug-likeness (QED) is 0.827. The standard InChI is InChI=1S/C7H7F2NO2S/c1-3(7(11)12)4-2-10-6(13-4)5(8)9/h2-3,5H,1H3,(H,11,12). The second kappa shape index (κ2) is 3.78. The van der Waals surface area contributed by atoms with Crippen molar-refractivity contribution in [3.05, 3.63) is 16.1 Å². The van der Waals surface area contributed by atoms with Crippen molar-refractivity contribution in [2.24, 2.45) is 0 Å². The van der Waals surface area contributed by atoms with Crippen LogP contribution < -0.4 is 0 Å². The third-order valence-corrected chi connectivity index (χ3v) is 2.71. The van der Waals surface area contributed by atoms with Gasteiger partial charge in [0.15, 0.2) is 5.01 Å². The van der Waals surface area contributed by atoms with Crippen molar-refractivity contribution in [1.82, 2.24) is 4.98 Å². The number of carboxylic acids is 1. The summed E-state index contributed by atoms with van der Waals surface area (Å²) in [5.41, 5.74) is 0. The van der Waals surface area contributed by atoms with E-state index in [1.165, 1.54) is 13.1 Å². The van der Waals surface area contributed by atoms with Gasteiger partial charge in [0.05, 0.1) is 5.92 Å². The Bertz CT molecular complexity index is 313. The molecular weight excluding hydrogens is 200 g/mol. The van der Waals surface area contributed by atoms with Crippen molar-refractivity contribution in [3.63, 3.8) is 0 Å². The molecule has 3 nitrogen and oxygen atoms in total. The van der Waals surface area contributed by atoms with Crippen molar-refractivity contribution in [1.29, 1.82) is 0 Å². The highest BCUT2D eigenvalue weighted by Gasteiger charge is 2.19. The number of hydrogen-bond acceptors (Lipinski definition) is 3. The van der Waals surface area contributed by atoms with Gasteiger partial charge in [0.2, 0.25) is 0 Å². The summed E-state index contributed by atoms with van der Waals surface area (Å²) in [7, 11) is 0. The Labute approximate surface area is 77.0 Å². The van der Waals surface area contributed by atoms with Gasteiger partial charge in [-0.05, 0) is 6.92 Å². The summed E-state index contributed by atoms with van der Waals surface area (Å²) >= 11 is 0.735. The van der Waals surface area contributed by atoms with Gasteiger partial charge in [-0.1, -0.05) is 0 Å². The monoisotopic (exact) mass is 207 g/mol. The first kappa shape index (κ1) is 10.0. The van der Waals surface area contributed by atoms with Crippen LogP contribution in [-0.4, -0.2) is 16.1 Å². The van der Waals surface area contributed by atoms with Gasteiger partial charge in [-0.2, -0.15) is 0 Å². The lowest BCUT2D eigenvalue weighted by Gasteiger charge is -1.99. The Hall–Kier alpha value is -1.04. The number of carboxylic acid groups (broad SMARTS) is 1. The lowest BCUT2D eigenvalue weighted by atomic mass is 10.2. The predicted molar refractivity (Wildman–Crippen MR) is 43.1 cm³/mol. The number of thiazole rings is 1. The minimum absolute atomic E-state index is 0.330.